The minimum atomic E-state index is 0.755. The van der Waals surface area contributed by atoms with Crippen molar-refractivity contribution in [2.75, 3.05) is 18.4 Å². The maximum atomic E-state index is 5.69. The maximum Gasteiger partial charge on any atom is 0.148 e. The van der Waals surface area contributed by atoms with Crippen LogP contribution in [0.2, 0.25) is 0 Å². The molecule has 3 N–H and O–H groups in total. The fourth-order valence-corrected chi connectivity index (χ4v) is 2.41. The van der Waals surface area contributed by atoms with Gasteiger partial charge < -0.3 is 11.1 Å². The third kappa shape index (κ3) is 3.66. The van der Waals surface area contributed by atoms with Gasteiger partial charge in [-0.05, 0) is 63.1 Å². The molecule has 0 bridgehead atoms. The smallest absolute Gasteiger partial charge is 0.148 e. The SMILES string of the molecule is Cc1ccc(NCC2CCC(CN)CC2)nn1. The quantitative estimate of drug-likeness (QED) is 0.836. The first-order valence-corrected chi connectivity index (χ1v) is 6.52. The fraction of sp³-hybridized carbons (Fsp3) is 0.692. The van der Waals surface area contributed by atoms with Crippen molar-refractivity contribution < 1.29 is 0 Å². The Labute approximate surface area is 103 Å². The molecule has 1 saturated carbocycles. The summed E-state index contributed by atoms with van der Waals surface area (Å²) in [5.41, 5.74) is 6.65. The molecule has 0 radical (unpaired) electrons. The molecule has 1 heterocycles. The van der Waals surface area contributed by atoms with Gasteiger partial charge in [-0.3, -0.25) is 0 Å². The van der Waals surface area contributed by atoms with Crippen molar-refractivity contribution in [2.24, 2.45) is 17.6 Å². The predicted molar refractivity (Wildman–Crippen MR) is 69.8 cm³/mol. The lowest BCUT2D eigenvalue weighted by Crippen LogP contribution is -2.25. The van der Waals surface area contributed by atoms with Crippen molar-refractivity contribution in [3.63, 3.8) is 0 Å². The lowest BCUT2D eigenvalue weighted by molar-refractivity contribution is 0.289. The van der Waals surface area contributed by atoms with Crippen LogP contribution in [0.5, 0.6) is 0 Å². The van der Waals surface area contributed by atoms with Gasteiger partial charge in [-0.2, -0.15) is 5.10 Å². The number of rotatable bonds is 4. The van der Waals surface area contributed by atoms with Crippen molar-refractivity contribution in [3.05, 3.63) is 17.8 Å². The van der Waals surface area contributed by atoms with Crippen LogP contribution in [0.3, 0.4) is 0 Å². The summed E-state index contributed by atoms with van der Waals surface area (Å²) in [6.45, 7) is 3.81. The van der Waals surface area contributed by atoms with Crippen LogP contribution in [0.25, 0.3) is 0 Å². The van der Waals surface area contributed by atoms with Gasteiger partial charge in [0, 0.05) is 6.54 Å². The van der Waals surface area contributed by atoms with Crippen LogP contribution in [0.1, 0.15) is 31.4 Å². The Hall–Kier alpha value is -1.16. The number of anilines is 1. The molecular weight excluding hydrogens is 212 g/mol. The van der Waals surface area contributed by atoms with E-state index in [4.69, 9.17) is 5.73 Å². The predicted octanol–water partition coefficient (Wildman–Crippen LogP) is 1.96. The number of nitrogens with zero attached hydrogens (tertiary/aromatic N) is 2. The van der Waals surface area contributed by atoms with Crippen molar-refractivity contribution >= 4 is 5.82 Å². The van der Waals surface area contributed by atoms with Gasteiger partial charge in [-0.1, -0.05) is 0 Å². The first kappa shape index (κ1) is 12.3. The molecule has 1 fully saturated rings. The number of aromatic nitrogens is 2. The summed E-state index contributed by atoms with van der Waals surface area (Å²) in [7, 11) is 0. The lowest BCUT2D eigenvalue weighted by atomic mass is 9.82. The van der Waals surface area contributed by atoms with Gasteiger partial charge in [-0.25, -0.2) is 0 Å². The summed E-state index contributed by atoms with van der Waals surface area (Å²) in [4.78, 5) is 0. The molecular formula is C13H22N4. The summed E-state index contributed by atoms with van der Waals surface area (Å²) in [6, 6.07) is 3.98. The molecule has 94 valence electrons. The Morgan fingerprint density at radius 2 is 1.88 bits per heavy atom. The second-order valence-corrected chi connectivity index (χ2v) is 5.06. The number of nitrogens with two attached hydrogens (primary N) is 1. The summed E-state index contributed by atoms with van der Waals surface area (Å²) in [6.07, 6.45) is 5.13. The first-order valence-electron chi connectivity index (χ1n) is 6.52. The van der Waals surface area contributed by atoms with E-state index < -0.39 is 0 Å². The van der Waals surface area contributed by atoms with Crippen LogP contribution >= 0.6 is 0 Å². The molecule has 0 aliphatic heterocycles. The van der Waals surface area contributed by atoms with Gasteiger partial charge in [-0.15, -0.1) is 5.10 Å². The zero-order valence-corrected chi connectivity index (χ0v) is 10.5. The largest absolute Gasteiger partial charge is 0.368 e. The van der Waals surface area contributed by atoms with E-state index in [1.807, 2.05) is 19.1 Å². The van der Waals surface area contributed by atoms with E-state index in [1.165, 1.54) is 25.7 Å². The van der Waals surface area contributed by atoms with Crippen molar-refractivity contribution in [2.45, 2.75) is 32.6 Å². The van der Waals surface area contributed by atoms with Crippen LogP contribution < -0.4 is 11.1 Å². The number of hydrogen-bond donors (Lipinski definition) is 2. The van der Waals surface area contributed by atoms with Gasteiger partial charge in [0.15, 0.2) is 0 Å². The molecule has 1 aliphatic carbocycles. The van der Waals surface area contributed by atoms with Crippen LogP contribution in [-0.4, -0.2) is 23.3 Å². The summed E-state index contributed by atoms with van der Waals surface area (Å²) < 4.78 is 0. The second kappa shape index (κ2) is 5.96. The highest BCUT2D eigenvalue weighted by Crippen LogP contribution is 2.28. The Balaban J connectivity index is 1.74. The van der Waals surface area contributed by atoms with E-state index in [0.717, 1.165) is 36.4 Å². The molecule has 4 nitrogen and oxygen atoms in total. The Morgan fingerprint density at radius 1 is 1.18 bits per heavy atom. The highest BCUT2D eigenvalue weighted by Gasteiger charge is 2.19. The van der Waals surface area contributed by atoms with Gasteiger partial charge in [0.25, 0.3) is 0 Å². The normalized spacial score (nSPS) is 24.6. The van der Waals surface area contributed by atoms with Crippen LogP contribution in [0.15, 0.2) is 12.1 Å². The molecule has 2 rings (SSSR count). The van der Waals surface area contributed by atoms with E-state index in [-0.39, 0.29) is 0 Å². The molecule has 4 heteroatoms. The number of hydrogen-bond acceptors (Lipinski definition) is 4. The standard InChI is InChI=1S/C13H22N4/c1-10-2-7-13(17-16-10)15-9-12-5-3-11(8-14)4-6-12/h2,7,11-12H,3-6,8-9,14H2,1H3,(H,15,17). The zero-order valence-electron chi connectivity index (χ0n) is 10.5. The van der Waals surface area contributed by atoms with Gasteiger partial charge >= 0.3 is 0 Å². The molecule has 0 aromatic carbocycles. The topological polar surface area (TPSA) is 63.8 Å². The van der Waals surface area contributed by atoms with E-state index in [0.29, 0.717) is 0 Å². The van der Waals surface area contributed by atoms with Crippen LogP contribution in [0.4, 0.5) is 5.82 Å². The molecule has 0 unspecified atom stereocenters. The van der Waals surface area contributed by atoms with Gasteiger partial charge in [0.2, 0.25) is 0 Å². The summed E-state index contributed by atoms with van der Waals surface area (Å²) >= 11 is 0. The lowest BCUT2D eigenvalue weighted by Gasteiger charge is -2.27. The van der Waals surface area contributed by atoms with Crippen molar-refractivity contribution in [1.82, 2.24) is 10.2 Å². The van der Waals surface area contributed by atoms with E-state index in [9.17, 15) is 0 Å². The van der Waals surface area contributed by atoms with Gasteiger partial charge in [0.1, 0.15) is 5.82 Å². The minimum Gasteiger partial charge on any atom is -0.368 e. The number of nitrogens with one attached hydrogen (secondary N) is 1. The monoisotopic (exact) mass is 234 g/mol. The molecule has 0 atom stereocenters. The molecule has 0 saturated heterocycles. The summed E-state index contributed by atoms with van der Waals surface area (Å²) in [5, 5.41) is 11.5. The molecule has 0 spiro atoms. The van der Waals surface area contributed by atoms with E-state index in [2.05, 4.69) is 15.5 Å². The molecule has 17 heavy (non-hydrogen) atoms. The highest BCUT2D eigenvalue weighted by atomic mass is 15.2. The molecule has 1 aliphatic rings. The number of aryl methyl sites for hydroxylation is 1. The Kier molecular flexibility index (Phi) is 4.31. The van der Waals surface area contributed by atoms with Crippen LogP contribution in [0, 0.1) is 18.8 Å². The zero-order chi connectivity index (χ0) is 12.1. The Bertz CT molecular complexity index is 328. The average Bonchev–Trinajstić information content (AvgIpc) is 2.39. The van der Waals surface area contributed by atoms with E-state index in [1.54, 1.807) is 0 Å². The fourth-order valence-electron chi connectivity index (χ4n) is 2.41. The van der Waals surface area contributed by atoms with E-state index >= 15 is 0 Å². The van der Waals surface area contributed by atoms with Gasteiger partial charge in [0.05, 0.1) is 5.69 Å². The average molecular weight is 234 g/mol. The maximum absolute atomic E-state index is 5.69. The van der Waals surface area contributed by atoms with Crippen molar-refractivity contribution in [1.29, 1.82) is 0 Å². The highest BCUT2D eigenvalue weighted by molar-refractivity contribution is 5.32. The molecule has 1 aromatic heterocycles. The van der Waals surface area contributed by atoms with Crippen LogP contribution in [-0.2, 0) is 0 Å². The minimum absolute atomic E-state index is 0.755. The Morgan fingerprint density at radius 3 is 2.47 bits per heavy atom. The third-order valence-electron chi connectivity index (χ3n) is 3.67. The van der Waals surface area contributed by atoms with Crippen molar-refractivity contribution in [3.8, 4) is 0 Å². The second-order valence-electron chi connectivity index (χ2n) is 5.06. The molecule has 1 aromatic rings. The first-order chi connectivity index (χ1) is 8.28. The molecule has 0 amide bonds. The third-order valence-corrected chi connectivity index (χ3v) is 3.67. The summed E-state index contributed by atoms with van der Waals surface area (Å²) in [5.74, 6) is 2.41.